The molecule has 1 aliphatic heterocycles. The summed E-state index contributed by atoms with van der Waals surface area (Å²) in [5.41, 5.74) is 5.02. The summed E-state index contributed by atoms with van der Waals surface area (Å²) in [6.07, 6.45) is 6.56. The van der Waals surface area contributed by atoms with E-state index in [1.165, 1.54) is 12.3 Å². The van der Waals surface area contributed by atoms with E-state index in [0.717, 1.165) is 5.70 Å². The van der Waals surface area contributed by atoms with E-state index in [1.807, 2.05) is 0 Å². The van der Waals surface area contributed by atoms with Gasteiger partial charge in [0.15, 0.2) is 0 Å². The Balaban J connectivity index is 1.66. The summed E-state index contributed by atoms with van der Waals surface area (Å²) < 4.78 is 18.9. The summed E-state index contributed by atoms with van der Waals surface area (Å²) >= 11 is 0. The van der Waals surface area contributed by atoms with E-state index < -0.39 is 0 Å². The zero-order valence-corrected chi connectivity index (χ0v) is 12.5. The van der Waals surface area contributed by atoms with Gasteiger partial charge >= 0.3 is 0 Å². The Kier molecular flexibility index (Phi) is 3.64. The van der Waals surface area contributed by atoms with Crippen LogP contribution in [0, 0.1) is 5.82 Å². The summed E-state index contributed by atoms with van der Waals surface area (Å²) in [4.78, 5) is 8.40. The Morgan fingerprint density at radius 3 is 2.67 bits per heavy atom. The highest BCUT2D eigenvalue weighted by molar-refractivity contribution is 5.65. The first kappa shape index (κ1) is 14.3. The standard InChI is InChI=1S/C16H13FN6O/c17-13-5-2-1-4-12(13)10-22-15(14-6-9-24-20-14)11-23(21-22)16-18-7-3-8-19-16/h1-9,11,21H,10H2. The van der Waals surface area contributed by atoms with Crippen LogP contribution in [0.2, 0.25) is 0 Å². The lowest BCUT2D eigenvalue weighted by Crippen LogP contribution is -2.40. The Morgan fingerprint density at radius 2 is 1.92 bits per heavy atom. The van der Waals surface area contributed by atoms with Crippen molar-refractivity contribution >= 4 is 11.6 Å². The van der Waals surface area contributed by atoms with Crippen molar-refractivity contribution in [3.8, 4) is 0 Å². The quantitative estimate of drug-likeness (QED) is 0.790. The second kappa shape index (κ2) is 6.09. The predicted octanol–water partition coefficient (Wildman–Crippen LogP) is 2.34. The van der Waals surface area contributed by atoms with Crippen LogP contribution in [0.25, 0.3) is 5.70 Å². The number of anilines is 1. The van der Waals surface area contributed by atoms with Crippen LogP contribution >= 0.6 is 0 Å². The highest BCUT2D eigenvalue weighted by Gasteiger charge is 2.26. The number of nitrogens with one attached hydrogen (secondary N) is 1. The molecule has 4 rings (SSSR count). The first-order valence-electron chi connectivity index (χ1n) is 7.27. The van der Waals surface area contributed by atoms with Gasteiger partial charge in [-0.25, -0.2) is 19.4 Å². The first-order chi connectivity index (χ1) is 11.8. The molecule has 0 saturated carbocycles. The number of hydrogen-bond donors (Lipinski definition) is 1. The zero-order valence-electron chi connectivity index (χ0n) is 12.5. The van der Waals surface area contributed by atoms with Gasteiger partial charge < -0.3 is 4.52 Å². The minimum absolute atomic E-state index is 0.270. The number of nitrogens with zero attached hydrogens (tertiary/aromatic N) is 5. The van der Waals surface area contributed by atoms with E-state index in [0.29, 0.717) is 23.8 Å². The summed E-state index contributed by atoms with van der Waals surface area (Å²) in [6.45, 7) is 0.300. The van der Waals surface area contributed by atoms with Crippen molar-refractivity contribution < 1.29 is 8.91 Å². The Morgan fingerprint density at radius 1 is 1.08 bits per heavy atom. The first-order valence-corrected chi connectivity index (χ1v) is 7.27. The maximum atomic E-state index is 14.0. The minimum Gasteiger partial charge on any atom is -0.364 e. The summed E-state index contributed by atoms with van der Waals surface area (Å²) in [5, 5.41) is 7.35. The van der Waals surface area contributed by atoms with E-state index in [2.05, 4.69) is 20.7 Å². The molecule has 0 atom stereocenters. The molecular weight excluding hydrogens is 311 g/mol. The van der Waals surface area contributed by atoms with Gasteiger partial charge in [-0.1, -0.05) is 23.4 Å². The van der Waals surface area contributed by atoms with Crippen LogP contribution in [0.1, 0.15) is 11.3 Å². The van der Waals surface area contributed by atoms with Crippen molar-refractivity contribution in [2.24, 2.45) is 0 Å². The van der Waals surface area contributed by atoms with Crippen LogP contribution in [0.4, 0.5) is 10.3 Å². The molecular formula is C16H13FN6O. The summed E-state index contributed by atoms with van der Waals surface area (Å²) in [7, 11) is 0. The average molecular weight is 324 g/mol. The third-order valence-corrected chi connectivity index (χ3v) is 3.52. The van der Waals surface area contributed by atoms with Crippen molar-refractivity contribution in [2.75, 3.05) is 5.01 Å². The van der Waals surface area contributed by atoms with E-state index in [-0.39, 0.29) is 5.82 Å². The highest BCUT2D eigenvalue weighted by Crippen LogP contribution is 2.26. The van der Waals surface area contributed by atoms with E-state index >= 15 is 0 Å². The molecule has 2 aromatic heterocycles. The van der Waals surface area contributed by atoms with Gasteiger partial charge in [-0.15, -0.1) is 5.53 Å². The molecule has 0 aliphatic carbocycles. The van der Waals surface area contributed by atoms with Crippen LogP contribution in [-0.4, -0.2) is 20.1 Å². The average Bonchev–Trinajstić information content (AvgIpc) is 3.27. The zero-order chi connectivity index (χ0) is 16.4. The number of halogens is 1. The lowest BCUT2D eigenvalue weighted by molar-refractivity contribution is 0.294. The minimum atomic E-state index is -0.270. The van der Waals surface area contributed by atoms with Crippen LogP contribution in [0.5, 0.6) is 0 Å². The topological polar surface area (TPSA) is 70.3 Å². The van der Waals surface area contributed by atoms with Gasteiger partial charge in [0, 0.05) is 24.0 Å². The lowest BCUT2D eigenvalue weighted by Gasteiger charge is -2.23. The Hall–Kier alpha value is -3.26. The second-order valence-corrected chi connectivity index (χ2v) is 5.10. The molecule has 3 heterocycles. The maximum absolute atomic E-state index is 14.0. The van der Waals surface area contributed by atoms with E-state index in [1.54, 1.807) is 58.9 Å². The molecule has 7 nitrogen and oxygen atoms in total. The molecule has 24 heavy (non-hydrogen) atoms. The Labute approximate surface area is 137 Å². The summed E-state index contributed by atoms with van der Waals surface area (Å²) in [5.74, 6) is 0.197. The fourth-order valence-corrected chi connectivity index (χ4v) is 2.39. The third-order valence-electron chi connectivity index (χ3n) is 3.52. The monoisotopic (exact) mass is 324 g/mol. The van der Waals surface area contributed by atoms with Gasteiger partial charge in [-0.05, 0) is 12.1 Å². The molecule has 1 aromatic carbocycles. The van der Waals surface area contributed by atoms with Crippen molar-refractivity contribution in [1.82, 2.24) is 25.7 Å². The number of benzene rings is 1. The largest absolute Gasteiger partial charge is 0.364 e. The normalized spacial score (nSPS) is 14.1. The van der Waals surface area contributed by atoms with Gasteiger partial charge in [0.2, 0.25) is 5.95 Å². The lowest BCUT2D eigenvalue weighted by atomic mass is 10.2. The molecule has 0 fully saturated rings. The van der Waals surface area contributed by atoms with Gasteiger partial charge in [-0.2, -0.15) is 0 Å². The third kappa shape index (κ3) is 2.70. The molecule has 0 saturated heterocycles. The number of aromatic nitrogens is 3. The van der Waals surface area contributed by atoms with E-state index in [4.69, 9.17) is 4.52 Å². The van der Waals surface area contributed by atoms with Crippen LogP contribution in [0.3, 0.4) is 0 Å². The molecule has 0 unspecified atom stereocenters. The highest BCUT2D eigenvalue weighted by atomic mass is 19.1. The molecule has 1 N–H and O–H groups in total. The smallest absolute Gasteiger partial charge is 0.245 e. The van der Waals surface area contributed by atoms with Gasteiger partial charge in [0.1, 0.15) is 23.5 Å². The van der Waals surface area contributed by atoms with Crippen LogP contribution in [-0.2, 0) is 6.54 Å². The number of hydrazine groups is 2. The fraction of sp³-hybridized carbons (Fsp3) is 0.0625. The molecule has 120 valence electrons. The molecule has 8 heteroatoms. The predicted molar refractivity (Wildman–Crippen MR) is 84.1 cm³/mol. The van der Waals surface area contributed by atoms with Crippen LogP contribution < -0.4 is 10.5 Å². The van der Waals surface area contributed by atoms with E-state index in [9.17, 15) is 4.39 Å². The van der Waals surface area contributed by atoms with Gasteiger partial charge in [0.25, 0.3) is 0 Å². The van der Waals surface area contributed by atoms with Gasteiger partial charge in [-0.3, -0.25) is 5.01 Å². The maximum Gasteiger partial charge on any atom is 0.245 e. The van der Waals surface area contributed by atoms with Crippen molar-refractivity contribution in [3.63, 3.8) is 0 Å². The van der Waals surface area contributed by atoms with Gasteiger partial charge in [0.05, 0.1) is 12.7 Å². The molecule has 0 spiro atoms. The van der Waals surface area contributed by atoms with Crippen molar-refractivity contribution in [1.29, 1.82) is 0 Å². The second-order valence-electron chi connectivity index (χ2n) is 5.10. The molecule has 0 amide bonds. The fourth-order valence-electron chi connectivity index (χ4n) is 2.39. The molecule has 0 radical (unpaired) electrons. The van der Waals surface area contributed by atoms with Crippen molar-refractivity contribution in [2.45, 2.75) is 6.54 Å². The molecule has 1 aliphatic rings. The van der Waals surface area contributed by atoms with Crippen LogP contribution in [0.15, 0.2) is 65.8 Å². The number of rotatable bonds is 4. The molecule has 3 aromatic rings. The summed E-state index contributed by atoms with van der Waals surface area (Å²) in [6, 6.07) is 10.1. The molecule has 0 bridgehead atoms. The van der Waals surface area contributed by atoms with Crippen molar-refractivity contribution in [3.05, 3.63) is 78.3 Å². The Bertz CT molecular complexity index is 852. The number of hydrogen-bond acceptors (Lipinski definition) is 7. The SMILES string of the molecule is Fc1ccccc1CN1NN(c2ncccn2)C=C1c1ccon1.